The zero-order valence-corrected chi connectivity index (χ0v) is 9.10. The van der Waals surface area contributed by atoms with Crippen LogP contribution in [0, 0.1) is 5.82 Å². The fourth-order valence-electron chi connectivity index (χ4n) is 1.04. The molecule has 0 aliphatic rings. The van der Waals surface area contributed by atoms with E-state index >= 15 is 0 Å². The van der Waals surface area contributed by atoms with E-state index < -0.39 is 0 Å². The Hall–Kier alpha value is -0.830. The molecule has 1 aromatic rings. The smallest absolute Gasteiger partial charge is 0.150 e. The number of hydrogen-bond acceptors (Lipinski definition) is 2. The van der Waals surface area contributed by atoms with Gasteiger partial charge in [0.15, 0.2) is 0 Å². The Bertz CT molecular complexity index is 325. The molecule has 1 rings (SSSR count). The van der Waals surface area contributed by atoms with Crippen LogP contribution in [0.1, 0.15) is 30.6 Å². The van der Waals surface area contributed by atoms with Crippen LogP contribution < -0.4 is 0 Å². The Labute approximate surface area is 87.7 Å². The van der Waals surface area contributed by atoms with Gasteiger partial charge in [-0.25, -0.2) is 4.39 Å². The molecular formula is C11H13FOS. The third-order valence-electron chi connectivity index (χ3n) is 1.94. The van der Waals surface area contributed by atoms with Crippen molar-refractivity contribution in [1.29, 1.82) is 0 Å². The summed E-state index contributed by atoms with van der Waals surface area (Å²) in [4.78, 5) is 11.3. The van der Waals surface area contributed by atoms with E-state index in [4.69, 9.17) is 0 Å². The van der Waals surface area contributed by atoms with E-state index in [0.717, 1.165) is 11.3 Å². The number of carbonyl (C=O) groups excluding carboxylic acids is 1. The van der Waals surface area contributed by atoms with E-state index in [2.05, 4.69) is 13.8 Å². The van der Waals surface area contributed by atoms with E-state index in [9.17, 15) is 9.18 Å². The lowest BCUT2D eigenvalue weighted by Crippen LogP contribution is -1.93. The molecule has 0 saturated carbocycles. The fraction of sp³-hybridized carbons (Fsp3) is 0.364. The van der Waals surface area contributed by atoms with E-state index in [1.54, 1.807) is 17.8 Å². The van der Waals surface area contributed by atoms with Gasteiger partial charge < -0.3 is 0 Å². The van der Waals surface area contributed by atoms with Crippen molar-refractivity contribution >= 4 is 18.0 Å². The Morgan fingerprint density at radius 3 is 2.79 bits per heavy atom. The summed E-state index contributed by atoms with van der Waals surface area (Å²) in [5, 5.41) is 0.441. The molecule has 0 fully saturated rings. The minimum atomic E-state index is -0.347. The number of hydrogen-bond donors (Lipinski definition) is 0. The summed E-state index contributed by atoms with van der Waals surface area (Å²) in [6.07, 6.45) is 1.70. The number of carbonyl (C=O) groups is 1. The molecule has 0 aliphatic heterocycles. The van der Waals surface area contributed by atoms with E-state index in [1.165, 1.54) is 12.1 Å². The van der Waals surface area contributed by atoms with Gasteiger partial charge in [-0.05, 0) is 24.6 Å². The molecular weight excluding hydrogens is 199 g/mol. The van der Waals surface area contributed by atoms with Crippen molar-refractivity contribution in [3.05, 3.63) is 29.6 Å². The summed E-state index contributed by atoms with van der Waals surface area (Å²) in [5.41, 5.74) is 0.399. The minimum absolute atomic E-state index is 0.347. The molecule has 0 aliphatic carbocycles. The summed E-state index contributed by atoms with van der Waals surface area (Å²) < 4.78 is 13.0. The van der Waals surface area contributed by atoms with Crippen LogP contribution in [-0.2, 0) is 0 Å². The lowest BCUT2D eigenvalue weighted by Gasteiger charge is -2.08. The molecule has 0 heterocycles. The second-order valence-electron chi connectivity index (χ2n) is 3.17. The highest BCUT2D eigenvalue weighted by Crippen LogP contribution is 2.26. The standard InChI is InChI=1S/C11H13FOS/c1-3-8(2)14-11-5-9(7-13)4-10(12)6-11/h4-8H,3H2,1-2H3. The van der Waals surface area contributed by atoms with Crippen molar-refractivity contribution in [3.8, 4) is 0 Å². The van der Waals surface area contributed by atoms with Gasteiger partial charge in [0.05, 0.1) is 0 Å². The molecule has 0 radical (unpaired) electrons. The number of rotatable bonds is 4. The molecule has 0 bridgehead atoms. The Morgan fingerprint density at radius 2 is 2.21 bits per heavy atom. The first kappa shape index (κ1) is 11.2. The summed E-state index contributed by atoms with van der Waals surface area (Å²) in [5.74, 6) is -0.347. The first-order valence-electron chi connectivity index (χ1n) is 4.58. The molecule has 0 N–H and O–H groups in total. The van der Waals surface area contributed by atoms with Crippen LogP contribution in [0.2, 0.25) is 0 Å². The van der Waals surface area contributed by atoms with Gasteiger partial charge in [0, 0.05) is 15.7 Å². The van der Waals surface area contributed by atoms with Gasteiger partial charge in [-0.1, -0.05) is 13.8 Å². The quantitative estimate of drug-likeness (QED) is 0.561. The maximum Gasteiger partial charge on any atom is 0.150 e. The van der Waals surface area contributed by atoms with Crippen LogP contribution in [0.5, 0.6) is 0 Å². The average Bonchev–Trinajstić information content (AvgIpc) is 2.16. The third kappa shape index (κ3) is 3.14. The van der Waals surface area contributed by atoms with Crippen LogP contribution in [0.4, 0.5) is 4.39 Å². The molecule has 1 unspecified atom stereocenters. The first-order valence-corrected chi connectivity index (χ1v) is 5.46. The highest BCUT2D eigenvalue weighted by molar-refractivity contribution is 7.99. The topological polar surface area (TPSA) is 17.1 Å². The largest absolute Gasteiger partial charge is 0.298 e. The molecule has 0 saturated heterocycles. The predicted molar refractivity (Wildman–Crippen MR) is 57.4 cm³/mol. The molecule has 14 heavy (non-hydrogen) atoms. The van der Waals surface area contributed by atoms with Crippen LogP contribution >= 0.6 is 11.8 Å². The van der Waals surface area contributed by atoms with Crippen LogP contribution in [0.3, 0.4) is 0 Å². The van der Waals surface area contributed by atoms with E-state index in [0.29, 0.717) is 17.1 Å². The molecule has 1 aromatic carbocycles. The Balaban J connectivity index is 2.86. The lowest BCUT2D eigenvalue weighted by atomic mass is 10.2. The molecule has 76 valence electrons. The van der Waals surface area contributed by atoms with Gasteiger partial charge in [0.25, 0.3) is 0 Å². The number of benzene rings is 1. The van der Waals surface area contributed by atoms with Crippen molar-refractivity contribution in [1.82, 2.24) is 0 Å². The third-order valence-corrected chi connectivity index (χ3v) is 3.19. The maximum atomic E-state index is 13.0. The Morgan fingerprint density at radius 1 is 1.50 bits per heavy atom. The number of aldehydes is 1. The number of thioether (sulfide) groups is 1. The molecule has 0 aromatic heterocycles. The summed E-state index contributed by atoms with van der Waals surface area (Å²) in [7, 11) is 0. The number of halogens is 1. The molecule has 1 atom stereocenters. The Kier molecular flexibility index (Phi) is 4.14. The van der Waals surface area contributed by atoms with Gasteiger partial charge in [-0.3, -0.25) is 4.79 Å². The molecule has 1 nitrogen and oxygen atoms in total. The average molecular weight is 212 g/mol. The normalized spacial score (nSPS) is 12.5. The highest BCUT2D eigenvalue weighted by atomic mass is 32.2. The summed E-state index contributed by atoms with van der Waals surface area (Å²) in [6, 6.07) is 4.42. The zero-order chi connectivity index (χ0) is 10.6. The van der Waals surface area contributed by atoms with Crippen molar-refractivity contribution in [2.75, 3.05) is 0 Å². The summed E-state index contributed by atoms with van der Waals surface area (Å²) in [6.45, 7) is 4.16. The maximum absolute atomic E-state index is 13.0. The van der Waals surface area contributed by atoms with Gasteiger partial charge in [-0.15, -0.1) is 11.8 Å². The van der Waals surface area contributed by atoms with Crippen LogP contribution in [-0.4, -0.2) is 11.5 Å². The highest BCUT2D eigenvalue weighted by Gasteiger charge is 2.04. The van der Waals surface area contributed by atoms with Gasteiger partial charge >= 0.3 is 0 Å². The van der Waals surface area contributed by atoms with Gasteiger partial charge in [0.2, 0.25) is 0 Å². The van der Waals surface area contributed by atoms with E-state index in [1.807, 2.05) is 0 Å². The fourth-order valence-corrected chi connectivity index (χ4v) is 2.05. The monoisotopic (exact) mass is 212 g/mol. The molecule has 3 heteroatoms. The SMILES string of the molecule is CCC(C)Sc1cc(F)cc(C=O)c1. The minimum Gasteiger partial charge on any atom is -0.298 e. The van der Waals surface area contributed by atoms with Crippen molar-refractivity contribution in [2.45, 2.75) is 30.4 Å². The summed E-state index contributed by atoms with van der Waals surface area (Å²) >= 11 is 1.59. The molecule has 0 spiro atoms. The lowest BCUT2D eigenvalue weighted by molar-refractivity contribution is 0.112. The van der Waals surface area contributed by atoms with Crippen LogP contribution in [0.25, 0.3) is 0 Å². The van der Waals surface area contributed by atoms with Gasteiger partial charge in [0.1, 0.15) is 12.1 Å². The first-order chi connectivity index (χ1) is 6.65. The van der Waals surface area contributed by atoms with Crippen molar-refractivity contribution < 1.29 is 9.18 Å². The predicted octanol–water partition coefficient (Wildman–Crippen LogP) is 3.53. The van der Waals surface area contributed by atoms with Crippen LogP contribution in [0.15, 0.2) is 23.1 Å². The zero-order valence-electron chi connectivity index (χ0n) is 8.29. The second-order valence-corrected chi connectivity index (χ2v) is 4.69. The second kappa shape index (κ2) is 5.15. The van der Waals surface area contributed by atoms with Crippen molar-refractivity contribution in [3.63, 3.8) is 0 Å². The van der Waals surface area contributed by atoms with E-state index in [-0.39, 0.29) is 5.82 Å². The van der Waals surface area contributed by atoms with Gasteiger partial charge in [-0.2, -0.15) is 0 Å². The molecule has 0 amide bonds. The van der Waals surface area contributed by atoms with Crippen molar-refractivity contribution in [2.24, 2.45) is 0 Å².